The normalized spacial score (nSPS) is 11.5. The zero-order valence-electron chi connectivity index (χ0n) is 33.9. The van der Waals surface area contributed by atoms with Crippen LogP contribution in [0.4, 0.5) is 17.1 Å². The summed E-state index contributed by atoms with van der Waals surface area (Å²) in [7, 11) is 0. The lowest BCUT2D eigenvalue weighted by molar-refractivity contribution is 0.669. The molecule has 290 valence electrons. The van der Waals surface area contributed by atoms with E-state index < -0.39 is 0 Å². The molecular weight excluding hydrogens is 751 g/mol. The Hall–Kier alpha value is -8.20. The zero-order chi connectivity index (χ0) is 41.0. The van der Waals surface area contributed by atoms with Gasteiger partial charge in [-0.3, -0.25) is 0 Å². The summed E-state index contributed by atoms with van der Waals surface area (Å²) in [5.41, 5.74) is 14.2. The maximum Gasteiger partial charge on any atom is 0.137 e. The molecule has 0 aliphatic carbocycles. The second kappa shape index (κ2) is 14.8. The van der Waals surface area contributed by atoms with Gasteiger partial charge in [-0.25, -0.2) is 0 Å². The zero-order valence-corrected chi connectivity index (χ0v) is 33.9. The standard InChI is InChI=1S/C60H39NO/c1-2-13-40(14-3-1)41-31-34-47(35-32-41)61(48-19-10-18-46(39-48)52-23-11-17-42-15-4-6-20-49(42)52)60-53(37-38-58-59(60)56-22-8-9-26-57(56)62-58)45-29-27-44(28-30-45)51-24-12-25-54-50-21-7-5-16-43(50)33-36-55(51)54/h1-39H. The molecule has 0 aliphatic heterocycles. The molecule has 0 radical (unpaired) electrons. The highest BCUT2D eigenvalue weighted by Gasteiger charge is 2.24. The molecule has 0 aliphatic rings. The minimum Gasteiger partial charge on any atom is -0.456 e. The molecule has 2 heteroatoms. The second-order valence-corrected chi connectivity index (χ2v) is 16.0. The smallest absolute Gasteiger partial charge is 0.137 e. The Balaban J connectivity index is 1.08. The minimum atomic E-state index is 0.848. The van der Waals surface area contributed by atoms with Crippen LogP contribution in [0.3, 0.4) is 0 Å². The fourth-order valence-electron chi connectivity index (χ4n) is 9.52. The van der Waals surface area contributed by atoms with Gasteiger partial charge in [-0.15, -0.1) is 0 Å². The number of benzene rings is 11. The van der Waals surface area contributed by atoms with Crippen molar-refractivity contribution in [2.45, 2.75) is 0 Å². The Labute approximate surface area is 360 Å². The van der Waals surface area contributed by atoms with Gasteiger partial charge in [0, 0.05) is 22.3 Å². The molecule has 0 N–H and O–H groups in total. The third kappa shape index (κ3) is 6.04. The number of fused-ring (bicyclic) bond motifs is 7. The second-order valence-electron chi connectivity index (χ2n) is 16.0. The van der Waals surface area contributed by atoms with Crippen LogP contribution in [-0.4, -0.2) is 0 Å². The van der Waals surface area contributed by atoms with Crippen molar-refractivity contribution in [3.63, 3.8) is 0 Å². The van der Waals surface area contributed by atoms with Crippen LogP contribution in [0.2, 0.25) is 0 Å². The molecule has 1 aromatic heterocycles. The summed E-state index contributed by atoms with van der Waals surface area (Å²) in [6.07, 6.45) is 0. The van der Waals surface area contributed by atoms with Gasteiger partial charge in [0.2, 0.25) is 0 Å². The number of nitrogens with zero attached hydrogens (tertiary/aromatic N) is 1. The summed E-state index contributed by atoms with van der Waals surface area (Å²) in [4.78, 5) is 2.44. The maximum atomic E-state index is 6.65. The predicted molar refractivity (Wildman–Crippen MR) is 263 cm³/mol. The van der Waals surface area contributed by atoms with Gasteiger partial charge in [0.05, 0.1) is 11.1 Å². The molecule has 0 saturated heterocycles. The molecule has 12 rings (SSSR count). The van der Waals surface area contributed by atoms with Crippen molar-refractivity contribution in [3.8, 4) is 44.5 Å². The summed E-state index contributed by atoms with van der Waals surface area (Å²) >= 11 is 0. The monoisotopic (exact) mass is 789 g/mol. The summed E-state index contributed by atoms with van der Waals surface area (Å²) < 4.78 is 6.65. The number of hydrogen-bond acceptors (Lipinski definition) is 2. The SMILES string of the molecule is c1ccc(-c2ccc(N(c3cccc(-c4cccc5ccccc45)c3)c3c(-c4ccc(-c5cccc6c5ccc5ccccc56)cc4)ccc4oc5ccccc5c34)cc2)cc1. The first kappa shape index (κ1) is 35.7. The van der Waals surface area contributed by atoms with Gasteiger partial charge in [-0.1, -0.05) is 194 Å². The highest BCUT2D eigenvalue weighted by molar-refractivity contribution is 6.17. The number of furan rings is 1. The number of hydrogen-bond donors (Lipinski definition) is 0. The Morgan fingerprint density at radius 1 is 0.274 bits per heavy atom. The lowest BCUT2D eigenvalue weighted by Gasteiger charge is -2.29. The van der Waals surface area contributed by atoms with Crippen LogP contribution >= 0.6 is 0 Å². The van der Waals surface area contributed by atoms with E-state index in [1.54, 1.807) is 0 Å². The summed E-state index contributed by atoms with van der Waals surface area (Å²) in [5.74, 6) is 0. The van der Waals surface area contributed by atoms with Gasteiger partial charge in [-0.2, -0.15) is 0 Å². The molecule has 11 aromatic carbocycles. The Morgan fingerprint density at radius 2 is 0.839 bits per heavy atom. The topological polar surface area (TPSA) is 16.4 Å². The fourth-order valence-corrected chi connectivity index (χ4v) is 9.52. The first-order valence-corrected chi connectivity index (χ1v) is 21.2. The van der Waals surface area contributed by atoms with Gasteiger partial charge < -0.3 is 9.32 Å². The van der Waals surface area contributed by atoms with Crippen LogP contribution < -0.4 is 4.90 Å². The molecule has 0 spiro atoms. The van der Waals surface area contributed by atoms with E-state index in [2.05, 4.69) is 235 Å². The summed E-state index contributed by atoms with van der Waals surface area (Å²) in [6.45, 7) is 0. The van der Waals surface area contributed by atoms with E-state index in [4.69, 9.17) is 4.42 Å². The van der Waals surface area contributed by atoms with Crippen molar-refractivity contribution >= 4 is 71.3 Å². The van der Waals surface area contributed by atoms with E-state index in [1.165, 1.54) is 60.1 Å². The van der Waals surface area contributed by atoms with Gasteiger partial charge in [0.25, 0.3) is 0 Å². The largest absolute Gasteiger partial charge is 0.456 e. The van der Waals surface area contributed by atoms with Gasteiger partial charge in [-0.05, 0) is 114 Å². The van der Waals surface area contributed by atoms with E-state index in [0.29, 0.717) is 0 Å². The van der Waals surface area contributed by atoms with Crippen molar-refractivity contribution in [1.29, 1.82) is 0 Å². The molecule has 0 fully saturated rings. The van der Waals surface area contributed by atoms with E-state index in [9.17, 15) is 0 Å². The van der Waals surface area contributed by atoms with Crippen LogP contribution in [0, 0.1) is 0 Å². The van der Waals surface area contributed by atoms with Crippen molar-refractivity contribution in [1.82, 2.24) is 0 Å². The molecule has 1 heterocycles. The van der Waals surface area contributed by atoms with E-state index in [-0.39, 0.29) is 0 Å². The quantitative estimate of drug-likeness (QED) is 0.150. The minimum absolute atomic E-state index is 0.848. The van der Waals surface area contributed by atoms with Crippen LogP contribution in [-0.2, 0) is 0 Å². The van der Waals surface area contributed by atoms with Crippen molar-refractivity contribution in [2.24, 2.45) is 0 Å². The van der Waals surface area contributed by atoms with Crippen LogP contribution in [0.1, 0.15) is 0 Å². The lowest BCUT2D eigenvalue weighted by atomic mass is 9.92. The molecule has 62 heavy (non-hydrogen) atoms. The molecule has 0 amide bonds. The van der Waals surface area contributed by atoms with E-state index in [1.807, 2.05) is 6.07 Å². The van der Waals surface area contributed by atoms with E-state index >= 15 is 0 Å². The summed E-state index contributed by atoms with van der Waals surface area (Å²) in [5, 5.41) is 9.65. The first-order chi connectivity index (χ1) is 30.7. The van der Waals surface area contributed by atoms with Crippen molar-refractivity contribution in [2.75, 3.05) is 4.90 Å². The highest BCUT2D eigenvalue weighted by Crippen LogP contribution is 2.49. The molecule has 0 unspecified atom stereocenters. The van der Waals surface area contributed by atoms with Crippen LogP contribution in [0.5, 0.6) is 0 Å². The Bertz CT molecular complexity index is 3610. The predicted octanol–water partition coefficient (Wildman–Crippen LogP) is 17.2. The van der Waals surface area contributed by atoms with Gasteiger partial charge in [0.15, 0.2) is 0 Å². The molecule has 2 nitrogen and oxygen atoms in total. The molecule has 0 atom stereocenters. The Morgan fingerprint density at radius 3 is 1.65 bits per heavy atom. The average molecular weight is 790 g/mol. The Kier molecular flexibility index (Phi) is 8.53. The third-order valence-corrected chi connectivity index (χ3v) is 12.5. The average Bonchev–Trinajstić information content (AvgIpc) is 3.73. The van der Waals surface area contributed by atoms with Gasteiger partial charge >= 0.3 is 0 Å². The number of rotatable bonds is 7. The molecule has 12 aromatic rings. The number of para-hydroxylation sites is 1. The third-order valence-electron chi connectivity index (χ3n) is 12.5. The van der Waals surface area contributed by atoms with Crippen molar-refractivity contribution in [3.05, 3.63) is 237 Å². The number of anilines is 3. The van der Waals surface area contributed by atoms with Crippen molar-refractivity contribution < 1.29 is 4.42 Å². The highest BCUT2D eigenvalue weighted by atomic mass is 16.3. The fraction of sp³-hybridized carbons (Fsp3) is 0. The molecule has 0 saturated carbocycles. The lowest BCUT2D eigenvalue weighted by Crippen LogP contribution is -2.12. The summed E-state index contributed by atoms with van der Waals surface area (Å²) in [6, 6.07) is 85.5. The maximum absolute atomic E-state index is 6.65. The first-order valence-electron chi connectivity index (χ1n) is 21.2. The molecule has 0 bridgehead atoms. The molecular formula is C60H39NO. The van der Waals surface area contributed by atoms with Gasteiger partial charge in [0.1, 0.15) is 11.2 Å². The van der Waals surface area contributed by atoms with Crippen LogP contribution in [0.15, 0.2) is 241 Å². The van der Waals surface area contributed by atoms with E-state index in [0.717, 1.165) is 55.7 Å². The van der Waals surface area contributed by atoms with Crippen LogP contribution in [0.25, 0.3) is 98.8 Å².